The fourth-order valence-electron chi connectivity index (χ4n) is 3.21. The third-order valence-corrected chi connectivity index (χ3v) is 4.74. The van der Waals surface area contributed by atoms with Crippen LogP contribution in [0.5, 0.6) is 5.75 Å². The molecular formula is C14H19BrN2O. The lowest BCUT2D eigenvalue weighted by molar-refractivity contribution is 0.142. The van der Waals surface area contributed by atoms with Crippen molar-refractivity contribution in [3.8, 4) is 5.75 Å². The SMILES string of the molecule is COc1cc(Br)ccc1CN1C[C@H]2C[C@@H]1CN2C. The molecule has 4 heteroatoms. The third-order valence-electron chi connectivity index (χ3n) is 4.25. The van der Waals surface area contributed by atoms with Gasteiger partial charge in [-0.05, 0) is 25.6 Å². The van der Waals surface area contributed by atoms with Crippen molar-refractivity contribution in [2.24, 2.45) is 0 Å². The Bertz CT molecular complexity index is 449. The summed E-state index contributed by atoms with van der Waals surface area (Å²) in [5.74, 6) is 0.987. The predicted octanol–water partition coefficient (Wildman–Crippen LogP) is 2.35. The van der Waals surface area contributed by atoms with E-state index in [-0.39, 0.29) is 0 Å². The third kappa shape index (κ3) is 2.17. The van der Waals surface area contributed by atoms with Crippen LogP contribution in [0.1, 0.15) is 12.0 Å². The second-order valence-corrected chi connectivity index (χ2v) is 6.28. The van der Waals surface area contributed by atoms with Crippen molar-refractivity contribution in [3.63, 3.8) is 0 Å². The second kappa shape index (κ2) is 4.83. The molecule has 2 aliphatic heterocycles. The highest BCUT2D eigenvalue weighted by molar-refractivity contribution is 9.10. The summed E-state index contributed by atoms with van der Waals surface area (Å²) in [6.07, 6.45) is 1.33. The van der Waals surface area contributed by atoms with Crippen molar-refractivity contribution in [2.45, 2.75) is 25.0 Å². The van der Waals surface area contributed by atoms with E-state index >= 15 is 0 Å². The molecule has 2 fully saturated rings. The molecule has 98 valence electrons. The number of piperazine rings is 1. The minimum absolute atomic E-state index is 0.730. The molecule has 0 unspecified atom stereocenters. The summed E-state index contributed by atoms with van der Waals surface area (Å²) in [6, 6.07) is 7.80. The molecule has 1 aromatic carbocycles. The van der Waals surface area contributed by atoms with Gasteiger partial charge in [0.2, 0.25) is 0 Å². The summed E-state index contributed by atoms with van der Waals surface area (Å²) < 4.78 is 6.55. The number of halogens is 1. The number of hydrogen-bond acceptors (Lipinski definition) is 3. The van der Waals surface area contributed by atoms with Gasteiger partial charge in [-0.1, -0.05) is 22.0 Å². The van der Waals surface area contributed by atoms with E-state index in [4.69, 9.17) is 4.74 Å². The average molecular weight is 311 g/mol. The molecule has 0 aromatic heterocycles. The molecule has 0 aliphatic carbocycles. The number of hydrogen-bond donors (Lipinski definition) is 0. The molecular weight excluding hydrogens is 292 g/mol. The summed E-state index contributed by atoms with van der Waals surface area (Å²) in [4.78, 5) is 5.08. The number of fused-ring (bicyclic) bond motifs is 2. The van der Waals surface area contributed by atoms with Gasteiger partial charge < -0.3 is 9.64 Å². The Morgan fingerprint density at radius 1 is 1.33 bits per heavy atom. The highest BCUT2D eigenvalue weighted by Gasteiger charge is 2.41. The van der Waals surface area contributed by atoms with Crippen molar-refractivity contribution in [2.75, 3.05) is 27.2 Å². The van der Waals surface area contributed by atoms with E-state index in [1.165, 1.54) is 25.1 Å². The zero-order valence-corrected chi connectivity index (χ0v) is 12.5. The number of nitrogens with zero attached hydrogens (tertiary/aromatic N) is 2. The van der Waals surface area contributed by atoms with Crippen LogP contribution in [0.25, 0.3) is 0 Å². The largest absolute Gasteiger partial charge is 0.496 e. The van der Waals surface area contributed by atoms with Crippen molar-refractivity contribution in [1.29, 1.82) is 0 Å². The molecule has 2 heterocycles. The standard InChI is InChI=1S/C14H19BrN2O/c1-16-8-13-6-12(16)9-17(13)7-10-3-4-11(15)5-14(10)18-2/h3-5,12-13H,6-9H2,1-2H3/t12-,13-/m1/s1. The number of methoxy groups -OCH3 is 1. The van der Waals surface area contributed by atoms with Crippen LogP contribution in [-0.2, 0) is 6.54 Å². The van der Waals surface area contributed by atoms with Gasteiger partial charge in [0.25, 0.3) is 0 Å². The summed E-state index contributed by atoms with van der Waals surface area (Å²) in [7, 11) is 3.98. The monoisotopic (exact) mass is 310 g/mol. The van der Waals surface area contributed by atoms with Crippen molar-refractivity contribution in [3.05, 3.63) is 28.2 Å². The molecule has 1 aromatic rings. The van der Waals surface area contributed by atoms with Crippen LogP contribution in [0.4, 0.5) is 0 Å². The lowest BCUT2D eigenvalue weighted by Gasteiger charge is -2.32. The van der Waals surface area contributed by atoms with Crippen LogP contribution in [0, 0.1) is 0 Å². The predicted molar refractivity (Wildman–Crippen MR) is 75.9 cm³/mol. The number of benzene rings is 1. The van der Waals surface area contributed by atoms with E-state index in [9.17, 15) is 0 Å². The first-order chi connectivity index (χ1) is 8.67. The topological polar surface area (TPSA) is 15.7 Å². The molecule has 0 spiro atoms. The van der Waals surface area contributed by atoms with Crippen LogP contribution >= 0.6 is 15.9 Å². The van der Waals surface area contributed by atoms with Gasteiger partial charge in [-0.2, -0.15) is 0 Å². The van der Waals surface area contributed by atoms with Gasteiger partial charge in [0, 0.05) is 41.8 Å². The molecule has 2 bridgehead atoms. The van der Waals surface area contributed by atoms with Gasteiger partial charge in [0.15, 0.2) is 0 Å². The van der Waals surface area contributed by atoms with E-state index in [0.29, 0.717) is 0 Å². The first-order valence-electron chi connectivity index (χ1n) is 6.44. The first kappa shape index (κ1) is 12.5. The molecule has 0 saturated carbocycles. The minimum atomic E-state index is 0.730. The maximum absolute atomic E-state index is 5.47. The lowest BCUT2D eigenvalue weighted by Crippen LogP contribution is -2.43. The van der Waals surface area contributed by atoms with Crippen molar-refractivity contribution < 1.29 is 4.74 Å². The number of ether oxygens (including phenoxy) is 1. The zero-order chi connectivity index (χ0) is 12.7. The van der Waals surface area contributed by atoms with E-state index in [1.54, 1.807) is 7.11 Å². The number of likely N-dealkylation sites (tertiary alicyclic amines) is 2. The van der Waals surface area contributed by atoms with E-state index in [1.807, 2.05) is 0 Å². The Kier molecular flexibility index (Phi) is 3.34. The van der Waals surface area contributed by atoms with Gasteiger partial charge in [0.1, 0.15) is 5.75 Å². The Morgan fingerprint density at radius 3 is 2.78 bits per heavy atom. The molecule has 0 amide bonds. The molecule has 2 aliphatic rings. The van der Waals surface area contributed by atoms with Crippen LogP contribution in [0.3, 0.4) is 0 Å². The Balaban J connectivity index is 1.74. The quantitative estimate of drug-likeness (QED) is 0.852. The van der Waals surface area contributed by atoms with E-state index in [0.717, 1.165) is 28.9 Å². The summed E-state index contributed by atoms with van der Waals surface area (Å²) >= 11 is 3.49. The number of rotatable bonds is 3. The minimum Gasteiger partial charge on any atom is -0.496 e. The lowest BCUT2D eigenvalue weighted by atomic mass is 10.1. The zero-order valence-electron chi connectivity index (χ0n) is 10.9. The Hall–Kier alpha value is -0.580. The molecule has 2 saturated heterocycles. The van der Waals surface area contributed by atoms with Gasteiger partial charge >= 0.3 is 0 Å². The fourth-order valence-corrected chi connectivity index (χ4v) is 3.55. The maximum Gasteiger partial charge on any atom is 0.124 e. The molecule has 0 radical (unpaired) electrons. The number of likely N-dealkylation sites (N-methyl/N-ethyl adjacent to an activating group) is 1. The summed E-state index contributed by atoms with van der Waals surface area (Å²) in [5, 5.41) is 0. The fraction of sp³-hybridized carbons (Fsp3) is 0.571. The van der Waals surface area contributed by atoms with Crippen LogP contribution in [-0.4, -0.2) is 49.1 Å². The Labute approximate surface area is 117 Å². The maximum atomic E-state index is 5.47. The molecule has 0 N–H and O–H groups in total. The van der Waals surface area contributed by atoms with Gasteiger partial charge in [-0.15, -0.1) is 0 Å². The normalized spacial score (nSPS) is 27.9. The van der Waals surface area contributed by atoms with Crippen LogP contribution in [0.2, 0.25) is 0 Å². The smallest absolute Gasteiger partial charge is 0.124 e. The average Bonchev–Trinajstić information content (AvgIpc) is 2.90. The summed E-state index contributed by atoms with van der Waals surface area (Å²) in [5.41, 5.74) is 1.29. The highest BCUT2D eigenvalue weighted by Crippen LogP contribution is 2.32. The molecule has 2 atom stereocenters. The summed E-state index contributed by atoms with van der Waals surface area (Å²) in [6.45, 7) is 3.41. The van der Waals surface area contributed by atoms with Crippen molar-refractivity contribution >= 4 is 15.9 Å². The van der Waals surface area contributed by atoms with Gasteiger partial charge in [0.05, 0.1) is 7.11 Å². The van der Waals surface area contributed by atoms with Crippen LogP contribution in [0.15, 0.2) is 22.7 Å². The second-order valence-electron chi connectivity index (χ2n) is 5.37. The molecule has 3 rings (SSSR count). The van der Waals surface area contributed by atoms with E-state index in [2.05, 4.69) is 51.0 Å². The van der Waals surface area contributed by atoms with Crippen LogP contribution < -0.4 is 4.74 Å². The van der Waals surface area contributed by atoms with Crippen molar-refractivity contribution in [1.82, 2.24) is 9.80 Å². The Morgan fingerprint density at radius 2 is 2.17 bits per heavy atom. The molecule has 3 nitrogen and oxygen atoms in total. The van der Waals surface area contributed by atoms with Gasteiger partial charge in [-0.25, -0.2) is 0 Å². The highest BCUT2D eigenvalue weighted by atomic mass is 79.9. The van der Waals surface area contributed by atoms with E-state index < -0.39 is 0 Å². The molecule has 18 heavy (non-hydrogen) atoms. The first-order valence-corrected chi connectivity index (χ1v) is 7.23. The van der Waals surface area contributed by atoms with Gasteiger partial charge in [-0.3, -0.25) is 4.90 Å².